The quantitative estimate of drug-likeness (QED) is 0.884. The number of benzene rings is 1. The van der Waals surface area contributed by atoms with E-state index in [0.717, 1.165) is 6.42 Å². The summed E-state index contributed by atoms with van der Waals surface area (Å²) in [6.45, 7) is 0. The highest BCUT2D eigenvalue weighted by atomic mass is 35.5. The molecule has 16 heavy (non-hydrogen) atoms. The average molecular weight is 241 g/mol. The van der Waals surface area contributed by atoms with Gasteiger partial charge in [-0.3, -0.25) is 4.79 Å². The summed E-state index contributed by atoms with van der Waals surface area (Å²) < 4.78 is 5.04. The zero-order valence-electron chi connectivity index (χ0n) is 9.00. The molecule has 1 aliphatic rings. The normalized spacial score (nSPS) is 17.6. The minimum Gasteiger partial charge on any atom is -0.497 e. The number of rotatable bonds is 3. The fraction of sp³-hybridized carbons (Fsp3) is 0.417. The number of carbonyl (C=O) groups is 1. The minimum absolute atomic E-state index is 0.474. The maximum atomic E-state index is 11.3. The Labute approximate surface area is 99.0 Å². The molecule has 0 amide bonds. The lowest BCUT2D eigenvalue weighted by Crippen LogP contribution is -2.42. The van der Waals surface area contributed by atoms with Crippen LogP contribution in [0.3, 0.4) is 0 Å². The molecule has 1 saturated carbocycles. The van der Waals surface area contributed by atoms with Gasteiger partial charge in [0.2, 0.25) is 0 Å². The number of ether oxygens (including phenoxy) is 1. The largest absolute Gasteiger partial charge is 0.497 e. The van der Waals surface area contributed by atoms with Crippen molar-refractivity contribution in [3.05, 3.63) is 28.8 Å². The maximum Gasteiger partial charge on any atom is 0.314 e. The standard InChI is InChI=1S/C12H13ClO3/c1-16-8-3-4-9(10(13)7-8)12(11(14)15)5-2-6-12/h3-4,7H,2,5-6H2,1H3,(H,14,15). The summed E-state index contributed by atoms with van der Waals surface area (Å²) in [4.78, 5) is 11.3. The van der Waals surface area contributed by atoms with Gasteiger partial charge in [-0.15, -0.1) is 0 Å². The first-order valence-electron chi connectivity index (χ1n) is 5.17. The Morgan fingerprint density at radius 1 is 1.50 bits per heavy atom. The molecule has 86 valence electrons. The van der Waals surface area contributed by atoms with E-state index >= 15 is 0 Å². The van der Waals surface area contributed by atoms with Gasteiger partial charge in [-0.2, -0.15) is 0 Å². The smallest absolute Gasteiger partial charge is 0.314 e. The van der Waals surface area contributed by atoms with E-state index in [1.807, 2.05) is 0 Å². The molecule has 1 aromatic rings. The van der Waals surface area contributed by atoms with Crippen molar-refractivity contribution in [3.8, 4) is 5.75 Å². The average Bonchev–Trinajstić information content (AvgIpc) is 2.18. The Bertz CT molecular complexity index is 424. The maximum absolute atomic E-state index is 11.3. The zero-order chi connectivity index (χ0) is 11.8. The number of hydrogen-bond donors (Lipinski definition) is 1. The molecule has 1 aromatic carbocycles. The predicted octanol–water partition coefficient (Wildman–Crippen LogP) is 2.85. The summed E-state index contributed by atoms with van der Waals surface area (Å²) in [5.41, 5.74) is -0.0719. The second-order valence-electron chi connectivity index (χ2n) is 4.09. The van der Waals surface area contributed by atoms with Gasteiger partial charge in [0.25, 0.3) is 0 Å². The number of aliphatic carboxylic acids is 1. The summed E-state index contributed by atoms with van der Waals surface area (Å²) in [7, 11) is 1.56. The van der Waals surface area contributed by atoms with Crippen molar-refractivity contribution in [2.45, 2.75) is 24.7 Å². The molecular formula is C12H13ClO3. The Morgan fingerprint density at radius 2 is 2.19 bits per heavy atom. The minimum atomic E-state index is -0.786. The van der Waals surface area contributed by atoms with E-state index in [1.165, 1.54) is 0 Å². The zero-order valence-corrected chi connectivity index (χ0v) is 9.75. The third-order valence-corrected chi connectivity index (χ3v) is 3.62. The van der Waals surface area contributed by atoms with Crippen LogP contribution in [0.5, 0.6) is 5.75 Å². The van der Waals surface area contributed by atoms with Crippen LogP contribution in [-0.2, 0) is 10.2 Å². The molecule has 0 aliphatic heterocycles. The monoisotopic (exact) mass is 240 g/mol. The van der Waals surface area contributed by atoms with E-state index in [2.05, 4.69) is 0 Å². The first-order valence-corrected chi connectivity index (χ1v) is 5.55. The summed E-state index contributed by atoms with van der Waals surface area (Å²) >= 11 is 6.11. The van der Waals surface area contributed by atoms with Gasteiger partial charge in [-0.25, -0.2) is 0 Å². The van der Waals surface area contributed by atoms with Crippen molar-refractivity contribution >= 4 is 17.6 Å². The van der Waals surface area contributed by atoms with Crippen LogP contribution in [0.4, 0.5) is 0 Å². The van der Waals surface area contributed by atoms with Crippen molar-refractivity contribution in [3.63, 3.8) is 0 Å². The highest BCUT2D eigenvalue weighted by Gasteiger charge is 2.47. The number of carboxylic acid groups (broad SMARTS) is 1. The predicted molar refractivity (Wildman–Crippen MR) is 61.2 cm³/mol. The SMILES string of the molecule is COc1ccc(C2(C(=O)O)CCC2)c(Cl)c1. The van der Waals surface area contributed by atoms with Gasteiger partial charge in [0.15, 0.2) is 0 Å². The molecule has 0 spiro atoms. The first-order chi connectivity index (χ1) is 7.60. The number of carboxylic acids is 1. The van der Waals surface area contributed by atoms with Gasteiger partial charge in [0.05, 0.1) is 12.5 Å². The molecule has 1 aliphatic carbocycles. The van der Waals surface area contributed by atoms with E-state index in [4.69, 9.17) is 16.3 Å². The van der Waals surface area contributed by atoms with Gasteiger partial charge >= 0.3 is 5.97 Å². The lowest BCUT2D eigenvalue weighted by molar-refractivity contribution is -0.147. The van der Waals surface area contributed by atoms with Crippen molar-refractivity contribution < 1.29 is 14.6 Å². The summed E-state index contributed by atoms with van der Waals surface area (Å²) in [5, 5.41) is 9.77. The van der Waals surface area contributed by atoms with Crippen LogP contribution in [0, 0.1) is 0 Å². The van der Waals surface area contributed by atoms with Crippen LogP contribution < -0.4 is 4.74 Å². The second kappa shape index (κ2) is 3.98. The highest BCUT2D eigenvalue weighted by molar-refractivity contribution is 6.32. The number of methoxy groups -OCH3 is 1. The molecule has 1 N–H and O–H groups in total. The lowest BCUT2D eigenvalue weighted by atomic mass is 9.64. The van der Waals surface area contributed by atoms with E-state index in [9.17, 15) is 9.90 Å². The molecule has 3 nitrogen and oxygen atoms in total. The fourth-order valence-corrected chi connectivity index (χ4v) is 2.49. The molecule has 0 radical (unpaired) electrons. The van der Waals surface area contributed by atoms with Crippen LogP contribution >= 0.6 is 11.6 Å². The van der Waals surface area contributed by atoms with Gasteiger partial charge in [0, 0.05) is 5.02 Å². The van der Waals surface area contributed by atoms with E-state index < -0.39 is 11.4 Å². The molecule has 1 fully saturated rings. The van der Waals surface area contributed by atoms with Crippen LogP contribution in [-0.4, -0.2) is 18.2 Å². The van der Waals surface area contributed by atoms with Crippen molar-refractivity contribution in [2.24, 2.45) is 0 Å². The lowest BCUT2D eigenvalue weighted by Gasteiger charge is -2.38. The highest BCUT2D eigenvalue weighted by Crippen LogP contribution is 2.47. The third kappa shape index (κ3) is 1.55. The van der Waals surface area contributed by atoms with Gasteiger partial charge < -0.3 is 9.84 Å². The van der Waals surface area contributed by atoms with E-state index in [-0.39, 0.29) is 0 Å². The van der Waals surface area contributed by atoms with Gasteiger partial charge in [0.1, 0.15) is 5.75 Å². The molecule has 2 rings (SSSR count). The summed E-state index contributed by atoms with van der Waals surface area (Å²) in [6.07, 6.45) is 2.26. The topological polar surface area (TPSA) is 46.5 Å². The van der Waals surface area contributed by atoms with E-state index in [0.29, 0.717) is 29.2 Å². The van der Waals surface area contributed by atoms with Crippen molar-refractivity contribution in [2.75, 3.05) is 7.11 Å². The van der Waals surface area contributed by atoms with Crippen LogP contribution in [0.2, 0.25) is 5.02 Å². The van der Waals surface area contributed by atoms with Crippen LogP contribution in [0.15, 0.2) is 18.2 Å². The molecule has 0 saturated heterocycles. The Balaban J connectivity index is 2.43. The van der Waals surface area contributed by atoms with E-state index in [1.54, 1.807) is 25.3 Å². The summed E-state index contributed by atoms with van der Waals surface area (Å²) in [5.74, 6) is -0.139. The van der Waals surface area contributed by atoms with Crippen LogP contribution in [0.25, 0.3) is 0 Å². The molecule has 0 unspecified atom stereocenters. The molecule has 0 aromatic heterocycles. The van der Waals surface area contributed by atoms with Gasteiger partial charge in [-0.1, -0.05) is 24.1 Å². The number of hydrogen-bond acceptors (Lipinski definition) is 2. The van der Waals surface area contributed by atoms with Crippen molar-refractivity contribution in [1.82, 2.24) is 0 Å². The molecule has 0 atom stereocenters. The van der Waals surface area contributed by atoms with Crippen LogP contribution in [0.1, 0.15) is 24.8 Å². The molecular weight excluding hydrogens is 228 g/mol. The first kappa shape index (κ1) is 11.3. The Morgan fingerprint density at radius 3 is 2.56 bits per heavy atom. The fourth-order valence-electron chi connectivity index (χ4n) is 2.14. The Hall–Kier alpha value is -1.22. The summed E-state index contributed by atoms with van der Waals surface area (Å²) in [6, 6.07) is 5.18. The van der Waals surface area contributed by atoms with Gasteiger partial charge in [-0.05, 0) is 30.5 Å². The Kier molecular flexibility index (Phi) is 2.80. The second-order valence-corrected chi connectivity index (χ2v) is 4.49. The molecule has 0 heterocycles. The molecule has 4 heteroatoms. The molecule has 0 bridgehead atoms. The third-order valence-electron chi connectivity index (χ3n) is 3.31. The number of halogens is 1. The van der Waals surface area contributed by atoms with Crippen molar-refractivity contribution in [1.29, 1.82) is 0 Å².